The Bertz CT molecular complexity index is 434. The predicted octanol–water partition coefficient (Wildman–Crippen LogP) is 2.20. The van der Waals surface area contributed by atoms with Gasteiger partial charge in [-0.3, -0.25) is 4.79 Å². The molecule has 0 saturated carbocycles. The summed E-state index contributed by atoms with van der Waals surface area (Å²) in [4.78, 5) is 16.0. The predicted molar refractivity (Wildman–Crippen MR) is 76.4 cm³/mol. The monoisotopic (exact) mass is 283 g/mol. The quantitative estimate of drug-likeness (QED) is 0.767. The summed E-state index contributed by atoms with van der Waals surface area (Å²) < 4.78 is 19.2. The van der Waals surface area contributed by atoms with Crippen LogP contribution in [0, 0.1) is 5.82 Å². The Hall–Kier alpha value is -1.69. The summed E-state index contributed by atoms with van der Waals surface area (Å²) >= 11 is 0. The van der Waals surface area contributed by atoms with Crippen LogP contribution in [-0.2, 0) is 4.74 Å². The van der Waals surface area contributed by atoms with Gasteiger partial charge in [0.15, 0.2) is 11.6 Å². The van der Waals surface area contributed by atoms with E-state index in [-0.39, 0.29) is 17.4 Å². The van der Waals surface area contributed by atoms with E-state index in [1.807, 2.05) is 13.8 Å². The molecule has 6 heteroatoms. The molecule has 0 spiro atoms. The number of ether oxygens (including phenoxy) is 1. The highest BCUT2D eigenvalue weighted by molar-refractivity contribution is 5.95. The standard InChI is InChI=1S/C14H22FN3O2/c1-4-6-10(9-20-3)18-14(19)11-7-8-17-13(12(11)15)16-5-2/h7-8,10H,4-6,9H2,1-3H3,(H,16,17)(H,18,19). The highest BCUT2D eigenvalue weighted by atomic mass is 19.1. The van der Waals surface area contributed by atoms with E-state index >= 15 is 0 Å². The number of carbonyl (C=O) groups excluding carboxylic acids is 1. The molecule has 112 valence electrons. The summed E-state index contributed by atoms with van der Waals surface area (Å²) in [5, 5.41) is 5.57. The molecule has 5 nitrogen and oxygen atoms in total. The SMILES string of the molecule is CCCC(COC)NC(=O)c1ccnc(NCC)c1F. The summed E-state index contributed by atoms with van der Waals surface area (Å²) in [7, 11) is 1.57. The number of nitrogens with one attached hydrogen (secondary N) is 2. The molecule has 1 amide bonds. The average molecular weight is 283 g/mol. The van der Waals surface area contributed by atoms with Crippen molar-refractivity contribution in [1.82, 2.24) is 10.3 Å². The van der Waals surface area contributed by atoms with Crippen LogP contribution >= 0.6 is 0 Å². The molecule has 1 aromatic heterocycles. The fourth-order valence-electron chi connectivity index (χ4n) is 1.92. The topological polar surface area (TPSA) is 63.2 Å². The molecule has 0 saturated heterocycles. The van der Waals surface area contributed by atoms with Gasteiger partial charge < -0.3 is 15.4 Å². The van der Waals surface area contributed by atoms with Crippen molar-refractivity contribution in [2.45, 2.75) is 32.7 Å². The van der Waals surface area contributed by atoms with E-state index in [1.165, 1.54) is 12.3 Å². The second-order valence-electron chi connectivity index (χ2n) is 4.47. The first-order valence-corrected chi connectivity index (χ1v) is 6.82. The molecule has 0 fully saturated rings. The molecule has 1 rings (SSSR count). The maximum Gasteiger partial charge on any atom is 0.254 e. The normalized spacial score (nSPS) is 12.0. The molecule has 0 aliphatic rings. The van der Waals surface area contributed by atoms with Gasteiger partial charge in [0.1, 0.15) is 0 Å². The summed E-state index contributed by atoms with van der Waals surface area (Å²) in [6, 6.07) is 1.26. The molecule has 2 N–H and O–H groups in total. The number of nitrogens with zero attached hydrogens (tertiary/aromatic N) is 1. The zero-order chi connectivity index (χ0) is 15.0. The lowest BCUT2D eigenvalue weighted by Gasteiger charge is -2.17. The third kappa shape index (κ3) is 4.45. The first-order chi connectivity index (χ1) is 9.63. The van der Waals surface area contributed by atoms with Gasteiger partial charge in [-0.05, 0) is 19.4 Å². The second kappa shape index (κ2) is 8.47. The maximum atomic E-state index is 14.1. The number of carbonyl (C=O) groups is 1. The van der Waals surface area contributed by atoms with Crippen molar-refractivity contribution < 1.29 is 13.9 Å². The van der Waals surface area contributed by atoms with Crippen molar-refractivity contribution in [2.75, 3.05) is 25.6 Å². The van der Waals surface area contributed by atoms with Crippen LogP contribution in [0.3, 0.4) is 0 Å². The van der Waals surface area contributed by atoms with E-state index in [0.717, 1.165) is 12.8 Å². The lowest BCUT2D eigenvalue weighted by molar-refractivity contribution is 0.0887. The molecular weight excluding hydrogens is 261 g/mol. The Labute approximate surface area is 118 Å². The number of anilines is 1. The van der Waals surface area contributed by atoms with E-state index in [4.69, 9.17) is 4.74 Å². The number of methoxy groups -OCH3 is 1. The first-order valence-electron chi connectivity index (χ1n) is 6.82. The van der Waals surface area contributed by atoms with Crippen LogP contribution in [0.2, 0.25) is 0 Å². The van der Waals surface area contributed by atoms with Gasteiger partial charge in [0.25, 0.3) is 5.91 Å². The molecular formula is C14H22FN3O2. The van der Waals surface area contributed by atoms with Crippen LogP contribution < -0.4 is 10.6 Å². The lowest BCUT2D eigenvalue weighted by atomic mass is 10.1. The summed E-state index contributed by atoms with van der Waals surface area (Å²) in [5.41, 5.74) is -0.00634. The number of rotatable bonds is 8. The molecule has 1 aromatic rings. The van der Waals surface area contributed by atoms with Gasteiger partial charge in [-0.1, -0.05) is 13.3 Å². The van der Waals surface area contributed by atoms with Gasteiger partial charge in [-0.2, -0.15) is 0 Å². The third-order valence-electron chi connectivity index (χ3n) is 2.82. The molecule has 1 atom stereocenters. The Morgan fingerprint density at radius 2 is 2.25 bits per heavy atom. The van der Waals surface area contributed by atoms with Crippen molar-refractivity contribution in [2.24, 2.45) is 0 Å². The van der Waals surface area contributed by atoms with Gasteiger partial charge in [-0.25, -0.2) is 9.37 Å². The van der Waals surface area contributed by atoms with Crippen LogP contribution in [0.25, 0.3) is 0 Å². The van der Waals surface area contributed by atoms with Crippen molar-refractivity contribution in [1.29, 1.82) is 0 Å². The van der Waals surface area contributed by atoms with Gasteiger partial charge in [0, 0.05) is 19.9 Å². The van der Waals surface area contributed by atoms with Crippen LogP contribution in [-0.4, -0.2) is 37.2 Å². The summed E-state index contributed by atoms with van der Waals surface area (Å²) in [5.74, 6) is -0.974. The number of aromatic nitrogens is 1. The molecule has 0 aromatic carbocycles. The lowest BCUT2D eigenvalue weighted by Crippen LogP contribution is -2.38. The fraction of sp³-hybridized carbons (Fsp3) is 0.571. The number of pyridine rings is 1. The maximum absolute atomic E-state index is 14.1. The minimum absolute atomic E-state index is 0.00634. The number of halogens is 1. The largest absolute Gasteiger partial charge is 0.383 e. The van der Waals surface area contributed by atoms with E-state index < -0.39 is 11.7 Å². The van der Waals surface area contributed by atoms with Gasteiger partial charge >= 0.3 is 0 Å². The smallest absolute Gasteiger partial charge is 0.254 e. The minimum atomic E-state index is -0.625. The molecule has 0 aliphatic heterocycles. The highest BCUT2D eigenvalue weighted by Crippen LogP contribution is 2.15. The summed E-state index contributed by atoms with van der Waals surface area (Å²) in [6.07, 6.45) is 3.11. The van der Waals surface area contributed by atoms with E-state index in [0.29, 0.717) is 13.2 Å². The van der Waals surface area contributed by atoms with E-state index in [2.05, 4.69) is 15.6 Å². The zero-order valence-corrected chi connectivity index (χ0v) is 12.2. The highest BCUT2D eigenvalue weighted by Gasteiger charge is 2.18. The average Bonchev–Trinajstić information content (AvgIpc) is 2.42. The van der Waals surface area contributed by atoms with Crippen molar-refractivity contribution in [3.8, 4) is 0 Å². The van der Waals surface area contributed by atoms with Crippen LogP contribution in [0.1, 0.15) is 37.0 Å². The summed E-state index contributed by atoms with van der Waals surface area (Å²) in [6.45, 7) is 4.80. The molecule has 0 radical (unpaired) electrons. The Morgan fingerprint density at radius 3 is 2.85 bits per heavy atom. The van der Waals surface area contributed by atoms with Gasteiger partial charge in [-0.15, -0.1) is 0 Å². The van der Waals surface area contributed by atoms with Crippen molar-refractivity contribution in [3.05, 3.63) is 23.6 Å². The fourth-order valence-corrected chi connectivity index (χ4v) is 1.92. The molecule has 0 bridgehead atoms. The van der Waals surface area contributed by atoms with E-state index in [1.54, 1.807) is 7.11 Å². The molecule has 0 aliphatic carbocycles. The third-order valence-corrected chi connectivity index (χ3v) is 2.82. The number of hydrogen-bond acceptors (Lipinski definition) is 4. The van der Waals surface area contributed by atoms with Crippen molar-refractivity contribution >= 4 is 11.7 Å². The minimum Gasteiger partial charge on any atom is -0.383 e. The Kier molecular flexibility index (Phi) is 6.93. The van der Waals surface area contributed by atoms with Gasteiger partial charge in [0.05, 0.1) is 18.2 Å². The molecule has 1 heterocycles. The van der Waals surface area contributed by atoms with Crippen LogP contribution in [0.4, 0.5) is 10.2 Å². The van der Waals surface area contributed by atoms with E-state index in [9.17, 15) is 9.18 Å². The Balaban J connectivity index is 2.83. The van der Waals surface area contributed by atoms with Gasteiger partial charge in [0.2, 0.25) is 0 Å². The molecule has 1 unspecified atom stereocenters. The zero-order valence-electron chi connectivity index (χ0n) is 12.2. The number of amides is 1. The number of hydrogen-bond donors (Lipinski definition) is 2. The van der Waals surface area contributed by atoms with Crippen LogP contribution in [0.15, 0.2) is 12.3 Å². The first kappa shape index (κ1) is 16.4. The molecule has 20 heavy (non-hydrogen) atoms. The van der Waals surface area contributed by atoms with Crippen LogP contribution in [0.5, 0.6) is 0 Å². The Morgan fingerprint density at radius 1 is 1.50 bits per heavy atom. The second-order valence-corrected chi connectivity index (χ2v) is 4.47. The van der Waals surface area contributed by atoms with Crippen molar-refractivity contribution in [3.63, 3.8) is 0 Å².